The zero-order valence-electron chi connectivity index (χ0n) is 16.2. The number of thiophene rings is 1. The van der Waals surface area contributed by atoms with E-state index in [0.717, 1.165) is 19.5 Å². The van der Waals surface area contributed by atoms with Crippen LogP contribution in [-0.4, -0.2) is 49.4 Å². The summed E-state index contributed by atoms with van der Waals surface area (Å²) in [7, 11) is 2.17. The zero-order chi connectivity index (χ0) is 18.8. The number of rotatable bonds is 5. The van der Waals surface area contributed by atoms with Gasteiger partial charge in [-0.15, -0.1) is 36.2 Å². The van der Waals surface area contributed by atoms with Crippen LogP contribution in [0.4, 0.5) is 17.1 Å². The fourth-order valence-electron chi connectivity index (χ4n) is 3.88. The van der Waals surface area contributed by atoms with Crippen LogP contribution in [0.1, 0.15) is 29.6 Å². The molecule has 29 heavy (non-hydrogen) atoms. The largest absolute Gasteiger partial charge is 0.320 e. The Bertz CT molecular complexity index is 861. The molecule has 2 N–H and O–H groups in total. The van der Waals surface area contributed by atoms with E-state index in [1.165, 1.54) is 24.2 Å². The van der Waals surface area contributed by atoms with Gasteiger partial charge in [-0.1, -0.05) is 12.1 Å². The van der Waals surface area contributed by atoms with Crippen molar-refractivity contribution in [3.8, 4) is 0 Å². The summed E-state index contributed by atoms with van der Waals surface area (Å²) in [6.45, 7) is 2.22. The SMILES string of the molecule is CN1CCCC1CCNCC(=O)N1c2ccccc2NC(=O)c2cscc21.Cl.Cl. The Kier molecular flexibility index (Phi) is 8.48. The molecule has 0 saturated carbocycles. The van der Waals surface area contributed by atoms with Gasteiger partial charge in [0.05, 0.1) is 29.2 Å². The molecule has 6 nitrogen and oxygen atoms in total. The molecule has 158 valence electrons. The molecule has 1 aromatic heterocycles. The van der Waals surface area contributed by atoms with Gasteiger partial charge in [0.2, 0.25) is 5.91 Å². The lowest BCUT2D eigenvalue weighted by Gasteiger charge is -2.23. The molecule has 0 bridgehead atoms. The number of fused-ring (bicyclic) bond motifs is 2. The number of nitrogens with one attached hydrogen (secondary N) is 2. The molecule has 2 amide bonds. The molecule has 2 aliphatic rings. The Hall–Kier alpha value is -1.64. The molecule has 1 unspecified atom stereocenters. The number of carbonyl (C=O) groups excluding carboxylic acids is 2. The molecule has 2 aromatic rings. The van der Waals surface area contributed by atoms with Gasteiger partial charge in [0.1, 0.15) is 0 Å². The zero-order valence-corrected chi connectivity index (χ0v) is 18.7. The second-order valence-electron chi connectivity index (χ2n) is 7.11. The minimum atomic E-state index is -0.175. The normalized spacial score (nSPS) is 18.0. The topological polar surface area (TPSA) is 64.7 Å². The highest BCUT2D eigenvalue weighted by Crippen LogP contribution is 2.39. The molecule has 4 rings (SSSR count). The fraction of sp³-hybridized carbons (Fsp3) is 0.400. The van der Waals surface area contributed by atoms with Gasteiger partial charge >= 0.3 is 0 Å². The average Bonchev–Trinajstić information content (AvgIpc) is 3.27. The van der Waals surface area contributed by atoms with Gasteiger partial charge in [0.25, 0.3) is 5.91 Å². The van der Waals surface area contributed by atoms with E-state index in [-0.39, 0.29) is 43.2 Å². The first-order valence-corrected chi connectivity index (χ1v) is 10.3. The number of amides is 2. The van der Waals surface area contributed by atoms with Gasteiger partial charge in [-0.2, -0.15) is 0 Å². The van der Waals surface area contributed by atoms with E-state index in [4.69, 9.17) is 0 Å². The van der Waals surface area contributed by atoms with Crippen LogP contribution in [0.15, 0.2) is 35.0 Å². The number of carbonyl (C=O) groups is 2. The number of halogens is 2. The highest BCUT2D eigenvalue weighted by molar-refractivity contribution is 7.08. The number of para-hydroxylation sites is 2. The maximum Gasteiger partial charge on any atom is 0.258 e. The van der Waals surface area contributed by atoms with Gasteiger partial charge < -0.3 is 15.5 Å². The van der Waals surface area contributed by atoms with E-state index in [1.54, 1.807) is 10.3 Å². The molecule has 1 fully saturated rings. The number of hydrogen-bond acceptors (Lipinski definition) is 5. The molecule has 0 aliphatic carbocycles. The Morgan fingerprint density at radius 3 is 2.79 bits per heavy atom. The summed E-state index contributed by atoms with van der Waals surface area (Å²) in [4.78, 5) is 29.6. The summed E-state index contributed by atoms with van der Waals surface area (Å²) in [5, 5.41) is 9.86. The van der Waals surface area contributed by atoms with Crippen molar-refractivity contribution in [3.63, 3.8) is 0 Å². The Labute approximate surface area is 187 Å². The van der Waals surface area contributed by atoms with Crippen molar-refractivity contribution < 1.29 is 9.59 Å². The first kappa shape index (κ1) is 23.6. The molecule has 0 spiro atoms. The van der Waals surface area contributed by atoms with Gasteiger partial charge in [-0.05, 0) is 51.5 Å². The molecule has 3 heterocycles. The van der Waals surface area contributed by atoms with Crippen LogP contribution < -0.4 is 15.5 Å². The minimum Gasteiger partial charge on any atom is -0.320 e. The second-order valence-corrected chi connectivity index (χ2v) is 7.86. The van der Waals surface area contributed by atoms with Crippen molar-refractivity contribution in [2.24, 2.45) is 0 Å². The summed E-state index contributed by atoms with van der Waals surface area (Å²) in [5.74, 6) is -0.232. The van der Waals surface area contributed by atoms with Crippen LogP contribution in [0.5, 0.6) is 0 Å². The van der Waals surface area contributed by atoms with Crippen molar-refractivity contribution in [2.45, 2.75) is 25.3 Å². The van der Waals surface area contributed by atoms with Crippen LogP contribution in [0.2, 0.25) is 0 Å². The van der Waals surface area contributed by atoms with E-state index >= 15 is 0 Å². The molecular formula is C20H26Cl2N4O2S. The van der Waals surface area contributed by atoms with Crippen molar-refractivity contribution in [1.29, 1.82) is 0 Å². The van der Waals surface area contributed by atoms with E-state index in [2.05, 4.69) is 22.6 Å². The lowest BCUT2D eigenvalue weighted by molar-refractivity contribution is -0.117. The molecule has 2 aliphatic heterocycles. The fourth-order valence-corrected chi connectivity index (χ4v) is 4.68. The quantitative estimate of drug-likeness (QED) is 0.669. The number of nitrogens with zero attached hydrogens (tertiary/aromatic N) is 2. The predicted octanol–water partition coefficient (Wildman–Crippen LogP) is 3.90. The van der Waals surface area contributed by atoms with Crippen molar-refractivity contribution in [1.82, 2.24) is 10.2 Å². The van der Waals surface area contributed by atoms with Crippen LogP contribution in [0, 0.1) is 0 Å². The molecule has 9 heteroatoms. The van der Waals surface area contributed by atoms with Gasteiger partial charge in [0.15, 0.2) is 0 Å². The summed E-state index contributed by atoms with van der Waals surface area (Å²) in [5.41, 5.74) is 2.57. The number of likely N-dealkylation sites (tertiary alicyclic amines) is 1. The smallest absolute Gasteiger partial charge is 0.258 e. The van der Waals surface area contributed by atoms with Crippen LogP contribution in [-0.2, 0) is 4.79 Å². The van der Waals surface area contributed by atoms with Crippen molar-refractivity contribution in [3.05, 3.63) is 40.6 Å². The minimum absolute atomic E-state index is 0. The third-order valence-corrected chi connectivity index (χ3v) is 6.10. The molecule has 1 aromatic carbocycles. The highest BCUT2D eigenvalue weighted by Gasteiger charge is 2.29. The Morgan fingerprint density at radius 1 is 1.24 bits per heavy atom. The first-order chi connectivity index (χ1) is 13.1. The second kappa shape index (κ2) is 10.4. The predicted molar refractivity (Wildman–Crippen MR) is 123 cm³/mol. The lowest BCUT2D eigenvalue weighted by Crippen LogP contribution is -2.37. The summed E-state index contributed by atoms with van der Waals surface area (Å²) in [6.07, 6.45) is 3.54. The number of anilines is 3. The maximum atomic E-state index is 13.1. The monoisotopic (exact) mass is 456 g/mol. The summed E-state index contributed by atoms with van der Waals surface area (Å²) in [6, 6.07) is 8.04. The Morgan fingerprint density at radius 2 is 2.03 bits per heavy atom. The van der Waals surface area contributed by atoms with Crippen LogP contribution >= 0.6 is 36.2 Å². The van der Waals surface area contributed by atoms with E-state index in [1.807, 2.05) is 29.6 Å². The van der Waals surface area contributed by atoms with Crippen molar-refractivity contribution in [2.75, 3.05) is 36.9 Å². The van der Waals surface area contributed by atoms with E-state index in [9.17, 15) is 9.59 Å². The summed E-state index contributed by atoms with van der Waals surface area (Å²) < 4.78 is 0. The van der Waals surface area contributed by atoms with Gasteiger partial charge in [-0.3, -0.25) is 14.5 Å². The molecule has 1 atom stereocenters. The Balaban J connectivity index is 0.00000150. The summed E-state index contributed by atoms with van der Waals surface area (Å²) >= 11 is 1.43. The van der Waals surface area contributed by atoms with Crippen LogP contribution in [0.3, 0.4) is 0 Å². The highest BCUT2D eigenvalue weighted by atomic mass is 35.5. The van der Waals surface area contributed by atoms with E-state index in [0.29, 0.717) is 28.7 Å². The average molecular weight is 457 g/mol. The standard InChI is InChI=1S/C20H24N4O2S.2ClH/c1-23-10-4-5-14(23)8-9-21-11-19(25)24-17-7-3-2-6-16(17)22-20(26)15-12-27-13-18(15)24;;/h2-3,6-7,12-14,21H,4-5,8-11H2,1H3,(H,22,26);2*1H. The molecule has 0 radical (unpaired) electrons. The molecule has 1 saturated heterocycles. The van der Waals surface area contributed by atoms with Crippen molar-refractivity contribution >= 4 is 65.0 Å². The van der Waals surface area contributed by atoms with Crippen LogP contribution in [0.25, 0.3) is 0 Å². The van der Waals surface area contributed by atoms with Gasteiger partial charge in [-0.25, -0.2) is 0 Å². The number of benzene rings is 1. The lowest BCUT2D eigenvalue weighted by atomic mass is 10.1. The number of hydrogen-bond donors (Lipinski definition) is 2. The third-order valence-electron chi connectivity index (χ3n) is 5.37. The third kappa shape index (κ3) is 4.92. The van der Waals surface area contributed by atoms with Gasteiger partial charge in [0, 0.05) is 16.8 Å². The van der Waals surface area contributed by atoms with E-state index < -0.39 is 0 Å². The molecular weight excluding hydrogens is 431 g/mol. The maximum absolute atomic E-state index is 13.1. The first-order valence-electron chi connectivity index (χ1n) is 9.35.